The fourth-order valence-electron chi connectivity index (χ4n) is 2.78. The molecule has 1 heterocycles. The van der Waals surface area contributed by atoms with E-state index in [1.807, 2.05) is 24.3 Å². The van der Waals surface area contributed by atoms with Gasteiger partial charge in [0.05, 0.1) is 11.4 Å². The average Bonchev–Trinajstić information content (AvgIpc) is 3.08. The van der Waals surface area contributed by atoms with Crippen LogP contribution in [0.25, 0.3) is 0 Å². The molecular weight excluding hydrogens is 420 g/mol. The van der Waals surface area contributed by atoms with Crippen LogP contribution < -0.4 is 21.5 Å². The van der Waals surface area contributed by atoms with E-state index in [1.54, 1.807) is 18.2 Å². The summed E-state index contributed by atoms with van der Waals surface area (Å²) in [7, 11) is 0. The van der Waals surface area contributed by atoms with Crippen LogP contribution in [0.15, 0.2) is 46.9 Å². The first kappa shape index (κ1) is 18.8. The van der Waals surface area contributed by atoms with Crippen LogP contribution in [0.5, 0.6) is 0 Å². The lowest BCUT2D eigenvalue weighted by atomic mass is 10.0. The Kier molecular flexibility index (Phi) is 5.93. The molecule has 6 nitrogen and oxygen atoms in total. The van der Waals surface area contributed by atoms with Crippen molar-refractivity contribution in [1.82, 2.24) is 10.9 Å². The van der Waals surface area contributed by atoms with Gasteiger partial charge in [-0.15, -0.1) is 0 Å². The van der Waals surface area contributed by atoms with Crippen molar-refractivity contribution in [1.29, 1.82) is 0 Å². The van der Waals surface area contributed by atoms with Gasteiger partial charge in [0, 0.05) is 22.5 Å². The summed E-state index contributed by atoms with van der Waals surface area (Å²) in [5, 5.41) is 5.99. The summed E-state index contributed by atoms with van der Waals surface area (Å²) < 4.78 is 1.01. The van der Waals surface area contributed by atoms with Crippen LogP contribution in [0.2, 0.25) is 5.02 Å². The zero-order chi connectivity index (χ0) is 18.7. The van der Waals surface area contributed by atoms with Crippen LogP contribution in [-0.2, 0) is 9.59 Å². The molecule has 2 unspecified atom stereocenters. The number of hydrazine groups is 1. The van der Waals surface area contributed by atoms with Crippen molar-refractivity contribution in [3.8, 4) is 0 Å². The molecule has 0 bridgehead atoms. The maximum Gasteiger partial charge on any atom is 0.242 e. The van der Waals surface area contributed by atoms with E-state index >= 15 is 0 Å². The smallest absolute Gasteiger partial charge is 0.242 e. The van der Waals surface area contributed by atoms with Crippen molar-refractivity contribution < 1.29 is 9.59 Å². The number of amides is 2. The lowest BCUT2D eigenvalue weighted by Gasteiger charge is -2.14. The molecule has 1 aliphatic rings. The fourth-order valence-corrected chi connectivity index (χ4v) is 3.22. The minimum atomic E-state index is -0.409. The Hall–Kier alpha value is -1.93. The third-order valence-corrected chi connectivity index (χ3v) is 4.81. The third-order valence-electron chi connectivity index (χ3n) is 4.04. The Labute approximate surface area is 164 Å². The van der Waals surface area contributed by atoms with E-state index in [1.165, 1.54) is 6.92 Å². The molecule has 1 saturated heterocycles. The molecule has 1 aliphatic heterocycles. The highest BCUT2D eigenvalue weighted by atomic mass is 79.9. The lowest BCUT2D eigenvalue weighted by molar-refractivity contribution is -0.118. The van der Waals surface area contributed by atoms with Gasteiger partial charge in [0.25, 0.3) is 0 Å². The third kappa shape index (κ3) is 4.62. The van der Waals surface area contributed by atoms with Crippen molar-refractivity contribution in [2.45, 2.75) is 25.4 Å². The van der Waals surface area contributed by atoms with Crippen LogP contribution in [0.4, 0.5) is 11.4 Å². The van der Waals surface area contributed by atoms with Gasteiger partial charge in [-0.05, 0) is 42.3 Å². The van der Waals surface area contributed by atoms with Gasteiger partial charge in [0.2, 0.25) is 11.8 Å². The van der Waals surface area contributed by atoms with E-state index in [-0.39, 0.29) is 17.9 Å². The number of nitrogens with one attached hydrogen (secondary N) is 4. The molecule has 2 amide bonds. The SMILES string of the molecule is CC(=O)Nc1ccc(Cl)cc1NC(=O)C1CC(c2ccc(Br)cc2)NN1. The molecule has 8 heteroatoms. The minimum absolute atomic E-state index is 0.0352. The number of hydrogen-bond donors (Lipinski definition) is 4. The van der Waals surface area contributed by atoms with Crippen molar-refractivity contribution in [3.05, 3.63) is 57.5 Å². The molecule has 4 N–H and O–H groups in total. The predicted molar refractivity (Wildman–Crippen MR) is 106 cm³/mol. The van der Waals surface area contributed by atoms with Crippen molar-refractivity contribution >= 4 is 50.7 Å². The van der Waals surface area contributed by atoms with Gasteiger partial charge in [-0.1, -0.05) is 39.7 Å². The standard InChI is InChI=1S/C18H18BrClN4O2/c1-10(25)21-14-7-6-13(20)8-16(14)22-18(26)17-9-15(23-24-17)11-2-4-12(19)5-3-11/h2-8,15,17,23-24H,9H2,1H3,(H,21,25)(H,22,26). The molecule has 3 rings (SSSR count). The average molecular weight is 438 g/mol. The second kappa shape index (κ2) is 8.18. The summed E-state index contributed by atoms with van der Waals surface area (Å²) in [5.41, 5.74) is 8.23. The topological polar surface area (TPSA) is 82.3 Å². The largest absolute Gasteiger partial charge is 0.325 e. The Bertz CT molecular complexity index is 828. The van der Waals surface area contributed by atoms with Gasteiger partial charge in [0.1, 0.15) is 6.04 Å². The first-order valence-corrected chi connectivity index (χ1v) is 9.24. The van der Waals surface area contributed by atoms with E-state index < -0.39 is 6.04 Å². The molecule has 0 aliphatic carbocycles. The highest BCUT2D eigenvalue weighted by Crippen LogP contribution is 2.28. The summed E-state index contributed by atoms with van der Waals surface area (Å²) in [6.45, 7) is 1.41. The summed E-state index contributed by atoms with van der Waals surface area (Å²) in [6.07, 6.45) is 0.601. The van der Waals surface area contributed by atoms with E-state index in [9.17, 15) is 9.59 Å². The van der Waals surface area contributed by atoms with Crippen LogP contribution in [0.3, 0.4) is 0 Å². The van der Waals surface area contributed by atoms with E-state index in [2.05, 4.69) is 37.4 Å². The second-order valence-corrected chi connectivity index (χ2v) is 7.39. The zero-order valence-corrected chi connectivity index (χ0v) is 16.3. The van der Waals surface area contributed by atoms with Crippen LogP contribution in [0.1, 0.15) is 24.9 Å². The number of carbonyl (C=O) groups excluding carboxylic acids is 2. The lowest BCUT2D eigenvalue weighted by Crippen LogP contribution is -2.39. The molecule has 0 spiro atoms. The highest BCUT2D eigenvalue weighted by Gasteiger charge is 2.30. The number of rotatable bonds is 4. The van der Waals surface area contributed by atoms with E-state index in [4.69, 9.17) is 11.6 Å². The summed E-state index contributed by atoms with van der Waals surface area (Å²) >= 11 is 9.43. The minimum Gasteiger partial charge on any atom is -0.325 e. The zero-order valence-electron chi connectivity index (χ0n) is 14.0. The molecule has 0 radical (unpaired) electrons. The number of benzene rings is 2. The molecule has 2 atom stereocenters. The van der Waals surface area contributed by atoms with Gasteiger partial charge in [0.15, 0.2) is 0 Å². The van der Waals surface area contributed by atoms with Crippen LogP contribution in [0, 0.1) is 0 Å². The van der Waals surface area contributed by atoms with Crippen LogP contribution in [-0.4, -0.2) is 17.9 Å². The van der Waals surface area contributed by atoms with Crippen molar-refractivity contribution in [2.24, 2.45) is 0 Å². The molecule has 2 aromatic carbocycles. The maximum atomic E-state index is 12.6. The number of carbonyl (C=O) groups is 2. The maximum absolute atomic E-state index is 12.6. The second-order valence-electron chi connectivity index (χ2n) is 6.04. The number of halogens is 2. The number of hydrogen-bond acceptors (Lipinski definition) is 4. The first-order chi connectivity index (χ1) is 12.4. The van der Waals surface area contributed by atoms with Gasteiger partial charge < -0.3 is 10.6 Å². The normalized spacial score (nSPS) is 19.2. The predicted octanol–water partition coefficient (Wildman–Crippen LogP) is 3.61. The Morgan fingerprint density at radius 1 is 1.08 bits per heavy atom. The Morgan fingerprint density at radius 3 is 2.50 bits per heavy atom. The number of anilines is 2. The van der Waals surface area contributed by atoms with Crippen LogP contribution >= 0.6 is 27.5 Å². The molecule has 0 saturated carbocycles. The van der Waals surface area contributed by atoms with Gasteiger partial charge >= 0.3 is 0 Å². The summed E-state index contributed by atoms with van der Waals surface area (Å²) in [6, 6.07) is 12.5. The Morgan fingerprint density at radius 2 is 1.81 bits per heavy atom. The molecular formula is C18H18BrClN4O2. The monoisotopic (exact) mass is 436 g/mol. The van der Waals surface area contributed by atoms with Gasteiger partial charge in [-0.25, -0.2) is 10.9 Å². The highest BCUT2D eigenvalue weighted by molar-refractivity contribution is 9.10. The quantitative estimate of drug-likeness (QED) is 0.589. The molecule has 2 aromatic rings. The van der Waals surface area contributed by atoms with Crippen molar-refractivity contribution in [2.75, 3.05) is 10.6 Å². The molecule has 0 aromatic heterocycles. The van der Waals surface area contributed by atoms with Crippen molar-refractivity contribution in [3.63, 3.8) is 0 Å². The van der Waals surface area contributed by atoms with E-state index in [0.29, 0.717) is 22.8 Å². The van der Waals surface area contributed by atoms with Gasteiger partial charge in [-0.3, -0.25) is 9.59 Å². The molecule has 136 valence electrons. The van der Waals surface area contributed by atoms with Gasteiger partial charge in [-0.2, -0.15) is 0 Å². The molecule has 26 heavy (non-hydrogen) atoms. The summed E-state index contributed by atoms with van der Waals surface area (Å²) in [4.78, 5) is 24.0. The Balaban J connectivity index is 1.68. The first-order valence-electron chi connectivity index (χ1n) is 8.07. The fraction of sp³-hybridized carbons (Fsp3) is 0.222. The molecule has 1 fully saturated rings. The summed E-state index contributed by atoms with van der Waals surface area (Å²) in [5.74, 6) is -0.426. The van der Waals surface area contributed by atoms with E-state index in [0.717, 1.165) is 10.0 Å².